The van der Waals surface area contributed by atoms with Crippen LogP contribution in [0.3, 0.4) is 0 Å². The third-order valence-electron chi connectivity index (χ3n) is 3.12. The Kier molecular flexibility index (Phi) is 5.74. The average molecular weight is 300 g/mol. The van der Waals surface area contributed by atoms with Gasteiger partial charge in [-0.3, -0.25) is 0 Å². The lowest BCUT2D eigenvalue weighted by molar-refractivity contribution is 0.185. The number of rotatable bonds is 6. The number of hydrogen-bond donors (Lipinski definition) is 2. The summed E-state index contributed by atoms with van der Waals surface area (Å²) in [6, 6.07) is 3.01. The molecule has 1 aliphatic rings. The molecule has 0 aliphatic carbocycles. The molecule has 1 unspecified atom stereocenters. The summed E-state index contributed by atoms with van der Waals surface area (Å²) in [6.07, 6.45) is 0.958. The van der Waals surface area contributed by atoms with Crippen LogP contribution in [0.15, 0.2) is 18.2 Å². The van der Waals surface area contributed by atoms with Crippen LogP contribution in [-0.4, -0.2) is 38.9 Å². The summed E-state index contributed by atoms with van der Waals surface area (Å²) in [5.41, 5.74) is 0. The van der Waals surface area contributed by atoms with Crippen LogP contribution >= 0.6 is 0 Å². The maximum Gasteiger partial charge on any atom is 0.314 e. The van der Waals surface area contributed by atoms with Crippen molar-refractivity contribution < 1.29 is 23.0 Å². The summed E-state index contributed by atoms with van der Waals surface area (Å²) in [5.74, 6) is -1.29. The number of carbonyl (C=O) groups is 1. The van der Waals surface area contributed by atoms with Crippen LogP contribution in [0, 0.1) is 17.6 Å². The standard InChI is InChI=1S/C14H18F2N2O3/c15-12-2-1-11(7-13(12)16)21-6-4-17-14(19)18-8-10-3-5-20-9-10/h1-2,7,10H,3-6,8-9H2,(H2,17,18,19). The number of hydrogen-bond acceptors (Lipinski definition) is 3. The lowest BCUT2D eigenvalue weighted by Gasteiger charge is -2.11. The van der Waals surface area contributed by atoms with Crippen LogP contribution in [0.1, 0.15) is 6.42 Å². The van der Waals surface area contributed by atoms with Gasteiger partial charge in [0.2, 0.25) is 0 Å². The van der Waals surface area contributed by atoms with Gasteiger partial charge in [-0.15, -0.1) is 0 Å². The molecule has 1 heterocycles. The van der Waals surface area contributed by atoms with Gasteiger partial charge in [0.25, 0.3) is 0 Å². The van der Waals surface area contributed by atoms with Gasteiger partial charge in [0, 0.05) is 25.1 Å². The van der Waals surface area contributed by atoms with E-state index in [0.717, 1.165) is 25.2 Å². The molecular weight excluding hydrogens is 282 g/mol. The van der Waals surface area contributed by atoms with Crippen LogP contribution in [-0.2, 0) is 4.74 Å². The van der Waals surface area contributed by atoms with Gasteiger partial charge in [0.1, 0.15) is 12.4 Å². The molecule has 5 nitrogen and oxygen atoms in total. The van der Waals surface area contributed by atoms with Crippen molar-refractivity contribution in [2.24, 2.45) is 5.92 Å². The third-order valence-corrected chi connectivity index (χ3v) is 3.12. The Morgan fingerprint density at radius 1 is 1.33 bits per heavy atom. The van der Waals surface area contributed by atoms with Crippen LogP contribution in [0.5, 0.6) is 5.75 Å². The SMILES string of the molecule is O=C(NCCOc1ccc(F)c(F)c1)NCC1CCOC1. The maximum atomic E-state index is 12.9. The van der Waals surface area contributed by atoms with Gasteiger partial charge >= 0.3 is 6.03 Å². The summed E-state index contributed by atoms with van der Waals surface area (Å²) in [4.78, 5) is 11.5. The van der Waals surface area contributed by atoms with Crippen molar-refractivity contribution in [3.63, 3.8) is 0 Å². The molecule has 0 saturated carbocycles. The minimum absolute atomic E-state index is 0.172. The van der Waals surface area contributed by atoms with Gasteiger partial charge in [0.05, 0.1) is 13.2 Å². The molecule has 0 radical (unpaired) electrons. The highest BCUT2D eigenvalue weighted by Crippen LogP contribution is 2.15. The first kappa shape index (κ1) is 15.5. The number of benzene rings is 1. The van der Waals surface area contributed by atoms with Crippen molar-refractivity contribution in [2.45, 2.75) is 6.42 Å². The molecule has 1 aromatic carbocycles. The Morgan fingerprint density at radius 2 is 2.19 bits per heavy atom. The zero-order chi connectivity index (χ0) is 15.1. The van der Waals surface area contributed by atoms with Gasteiger partial charge in [-0.25, -0.2) is 13.6 Å². The van der Waals surface area contributed by atoms with Crippen molar-refractivity contribution in [3.8, 4) is 5.75 Å². The molecule has 2 amide bonds. The number of urea groups is 1. The molecule has 1 atom stereocenters. The van der Waals surface area contributed by atoms with Crippen molar-refractivity contribution >= 4 is 6.03 Å². The molecule has 2 rings (SSSR count). The highest BCUT2D eigenvalue weighted by atomic mass is 19.2. The first-order valence-electron chi connectivity index (χ1n) is 6.82. The van der Waals surface area contributed by atoms with Gasteiger partial charge in [0.15, 0.2) is 11.6 Å². The third kappa shape index (κ3) is 5.18. The Bertz CT molecular complexity index is 479. The normalized spacial score (nSPS) is 17.5. The van der Waals surface area contributed by atoms with E-state index in [9.17, 15) is 13.6 Å². The van der Waals surface area contributed by atoms with E-state index in [0.29, 0.717) is 19.1 Å². The number of ether oxygens (including phenoxy) is 2. The van der Waals surface area contributed by atoms with Gasteiger partial charge < -0.3 is 20.1 Å². The van der Waals surface area contributed by atoms with E-state index in [1.165, 1.54) is 6.07 Å². The number of nitrogens with one attached hydrogen (secondary N) is 2. The second-order valence-electron chi connectivity index (χ2n) is 4.79. The van der Waals surface area contributed by atoms with E-state index < -0.39 is 11.6 Å². The molecule has 1 aliphatic heterocycles. The maximum absolute atomic E-state index is 12.9. The van der Waals surface area contributed by atoms with Crippen LogP contribution < -0.4 is 15.4 Å². The molecular formula is C14H18F2N2O3. The molecule has 21 heavy (non-hydrogen) atoms. The van der Waals surface area contributed by atoms with E-state index in [4.69, 9.17) is 9.47 Å². The minimum atomic E-state index is -0.961. The minimum Gasteiger partial charge on any atom is -0.492 e. The largest absolute Gasteiger partial charge is 0.492 e. The summed E-state index contributed by atoms with van der Waals surface area (Å²) < 4.78 is 36.0. The summed E-state index contributed by atoms with van der Waals surface area (Å²) in [7, 11) is 0. The Hall–Kier alpha value is -1.89. The quantitative estimate of drug-likeness (QED) is 0.786. The molecule has 7 heteroatoms. The zero-order valence-electron chi connectivity index (χ0n) is 11.5. The van der Waals surface area contributed by atoms with Crippen molar-refractivity contribution in [2.75, 3.05) is 32.9 Å². The van der Waals surface area contributed by atoms with Crippen molar-refractivity contribution in [1.29, 1.82) is 0 Å². The van der Waals surface area contributed by atoms with Crippen molar-refractivity contribution in [3.05, 3.63) is 29.8 Å². The number of amides is 2. The van der Waals surface area contributed by atoms with Crippen molar-refractivity contribution in [1.82, 2.24) is 10.6 Å². The monoisotopic (exact) mass is 300 g/mol. The predicted octanol–water partition coefficient (Wildman–Crippen LogP) is 1.68. The van der Waals surface area contributed by atoms with E-state index in [-0.39, 0.29) is 24.9 Å². The lowest BCUT2D eigenvalue weighted by Crippen LogP contribution is -2.40. The number of carbonyl (C=O) groups excluding carboxylic acids is 1. The molecule has 0 spiro atoms. The second kappa shape index (κ2) is 7.78. The first-order chi connectivity index (χ1) is 10.1. The Labute approximate surface area is 121 Å². The molecule has 1 saturated heterocycles. The predicted molar refractivity (Wildman–Crippen MR) is 72.2 cm³/mol. The molecule has 2 N–H and O–H groups in total. The molecule has 116 valence electrons. The zero-order valence-corrected chi connectivity index (χ0v) is 11.5. The smallest absolute Gasteiger partial charge is 0.314 e. The van der Waals surface area contributed by atoms with Gasteiger partial charge in [-0.05, 0) is 18.6 Å². The molecule has 1 aromatic rings. The van der Waals surface area contributed by atoms with Gasteiger partial charge in [-0.2, -0.15) is 0 Å². The summed E-state index contributed by atoms with van der Waals surface area (Å²) in [6.45, 7) is 2.45. The Balaban J connectivity index is 1.58. The topological polar surface area (TPSA) is 59.6 Å². The fourth-order valence-corrected chi connectivity index (χ4v) is 1.94. The highest BCUT2D eigenvalue weighted by Gasteiger charge is 2.15. The van der Waals surface area contributed by atoms with Gasteiger partial charge in [-0.1, -0.05) is 0 Å². The first-order valence-corrected chi connectivity index (χ1v) is 6.82. The molecule has 0 bridgehead atoms. The van der Waals surface area contributed by atoms with Crippen LogP contribution in [0.2, 0.25) is 0 Å². The fraction of sp³-hybridized carbons (Fsp3) is 0.500. The van der Waals surface area contributed by atoms with E-state index in [2.05, 4.69) is 10.6 Å². The lowest BCUT2D eigenvalue weighted by atomic mass is 10.1. The fourth-order valence-electron chi connectivity index (χ4n) is 1.94. The highest BCUT2D eigenvalue weighted by molar-refractivity contribution is 5.73. The molecule has 0 aromatic heterocycles. The van der Waals surface area contributed by atoms with E-state index in [1.54, 1.807) is 0 Å². The summed E-state index contributed by atoms with van der Waals surface area (Å²) >= 11 is 0. The average Bonchev–Trinajstić information content (AvgIpc) is 2.98. The molecule has 1 fully saturated rings. The summed E-state index contributed by atoms with van der Waals surface area (Å²) in [5, 5.41) is 5.36. The second-order valence-corrected chi connectivity index (χ2v) is 4.79. The van der Waals surface area contributed by atoms with E-state index >= 15 is 0 Å². The van der Waals surface area contributed by atoms with Crippen LogP contribution in [0.4, 0.5) is 13.6 Å². The Morgan fingerprint density at radius 3 is 2.90 bits per heavy atom. The number of halogens is 2. The van der Waals surface area contributed by atoms with Crippen LogP contribution in [0.25, 0.3) is 0 Å². The van der Waals surface area contributed by atoms with E-state index in [1.807, 2.05) is 0 Å².